The molecule has 4 nitrogen and oxygen atoms in total. The summed E-state index contributed by atoms with van der Waals surface area (Å²) in [6.45, 7) is 3.16. The summed E-state index contributed by atoms with van der Waals surface area (Å²) >= 11 is 0. The minimum absolute atomic E-state index is 0.608. The highest BCUT2D eigenvalue weighted by Crippen LogP contribution is 2.39. The van der Waals surface area contributed by atoms with Crippen molar-refractivity contribution in [1.82, 2.24) is 9.97 Å². The molecule has 19 heavy (non-hydrogen) atoms. The van der Waals surface area contributed by atoms with Crippen molar-refractivity contribution in [2.75, 3.05) is 23.8 Å². The van der Waals surface area contributed by atoms with Crippen molar-refractivity contribution >= 4 is 11.6 Å². The molecule has 0 spiro atoms. The molecule has 0 saturated heterocycles. The van der Waals surface area contributed by atoms with Crippen molar-refractivity contribution in [2.24, 2.45) is 0 Å². The molecule has 104 valence electrons. The molecule has 0 amide bonds. The van der Waals surface area contributed by atoms with E-state index in [1.54, 1.807) is 0 Å². The molecule has 0 bridgehead atoms. The number of anilines is 2. The van der Waals surface area contributed by atoms with E-state index in [1.807, 2.05) is 0 Å². The molecule has 2 aliphatic rings. The Kier molecular flexibility index (Phi) is 3.58. The first kappa shape index (κ1) is 12.7. The Morgan fingerprint density at radius 1 is 1.26 bits per heavy atom. The molecule has 0 aliphatic heterocycles. The molecule has 2 saturated carbocycles. The molecule has 0 unspecified atom stereocenters. The van der Waals surface area contributed by atoms with Crippen LogP contribution in [0.25, 0.3) is 0 Å². The lowest BCUT2D eigenvalue weighted by molar-refractivity contribution is 0.399. The van der Waals surface area contributed by atoms with Crippen LogP contribution in [0.2, 0.25) is 0 Å². The Labute approximate surface area is 115 Å². The predicted molar refractivity (Wildman–Crippen MR) is 78.8 cm³/mol. The van der Waals surface area contributed by atoms with Gasteiger partial charge in [-0.25, -0.2) is 9.97 Å². The lowest BCUT2D eigenvalue weighted by Gasteiger charge is -2.35. The number of rotatable bonds is 6. The number of hydrogen-bond donors (Lipinski definition) is 1. The molecule has 1 aromatic rings. The van der Waals surface area contributed by atoms with E-state index < -0.39 is 0 Å². The highest BCUT2D eigenvalue weighted by molar-refractivity contribution is 5.50. The van der Waals surface area contributed by atoms with Crippen LogP contribution in [0, 0.1) is 0 Å². The zero-order chi connectivity index (χ0) is 13.2. The molecular weight excluding hydrogens is 236 g/mol. The summed E-state index contributed by atoms with van der Waals surface area (Å²) in [5.74, 6) is 3.75. The van der Waals surface area contributed by atoms with Crippen LogP contribution in [-0.4, -0.2) is 29.6 Å². The zero-order valence-electron chi connectivity index (χ0n) is 12.0. The van der Waals surface area contributed by atoms with E-state index in [0.717, 1.165) is 30.4 Å². The SMILES string of the molecule is CCCNc1cc(N(C)C2CCC2)nc(C2CC2)n1. The molecule has 1 heterocycles. The summed E-state index contributed by atoms with van der Waals surface area (Å²) in [6, 6.07) is 2.79. The smallest absolute Gasteiger partial charge is 0.136 e. The van der Waals surface area contributed by atoms with Crippen molar-refractivity contribution in [3.63, 3.8) is 0 Å². The highest BCUT2D eigenvalue weighted by Gasteiger charge is 2.29. The number of nitrogens with zero attached hydrogens (tertiary/aromatic N) is 3. The van der Waals surface area contributed by atoms with Gasteiger partial charge in [-0.2, -0.15) is 0 Å². The monoisotopic (exact) mass is 260 g/mol. The molecule has 3 rings (SSSR count). The van der Waals surface area contributed by atoms with E-state index in [0.29, 0.717) is 12.0 Å². The molecule has 2 aliphatic carbocycles. The Morgan fingerprint density at radius 3 is 2.63 bits per heavy atom. The van der Waals surface area contributed by atoms with Crippen molar-refractivity contribution < 1.29 is 0 Å². The number of nitrogens with one attached hydrogen (secondary N) is 1. The van der Waals surface area contributed by atoms with Gasteiger partial charge in [0.05, 0.1) is 0 Å². The molecule has 0 atom stereocenters. The maximum Gasteiger partial charge on any atom is 0.136 e. The summed E-state index contributed by atoms with van der Waals surface area (Å²) < 4.78 is 0. The molecule has 0 radical (unpaired) electrons. The van der Waals surface area contributed by atoms with Gasteiger partial charge in [0.1, 0.15) is 17.5 Å². The predicted octanol–water partition coefficient (Wildman–Crippen LogP) is 3.16. The average molecular weight is 260 g/mol. The normalized spacial score (nSPS) is 19.1. The van der Waals surface area contributed by atoms with Gasteiger partial charge in [-0.15, -0.1) is 0 Å². The van der Waals surface area contributed by atoms with Gasteiger partial charge in [-0.3, -0.25) is 0 Å². The van der Waals surface area contributed by atoms with E-state index in [1.165, 1.54) is 32.1 Å². The fourth-order valence-corrected chi connectivity index (χ4v) is 2.46. The molecule has 1 aromatic heterocycles. The Balaban J connectivity index is 1.81. The highest BCUT2D eigenvalue weighted by atomic mass is 15.2. The van der Waals surface area contributed by atoms with Crippen LogP contribution in [0.15, 0.2) is 6.07 Å². The summed E-state index contributed by atoms with van der Waals surface area (Å²) in [6.07, 6.45) is 7.59. The van der Waals surface area contributed by atoms with Crippen LogP contribution in [0.3, 0.4) is 0 Å². The second-order valence-electron chi connectivity index (χ2n) is 5.87. The van der Waals surface area contributed by atoms with Gasteiger partial charge < -0.3 is 10.2 Å². The van der Waals surface area contributed by atoms with Crippen LogP contribution in [0.4, 0.5) is 11.6 Å². The Morgan fingerprint density at radius 2 is 2.05 bits per heavy atom. The van der Waals surface area contributed by atoms with E-state index in [-0.39, 0.29) is 0 Å². The van der Waals surface area contributed by atoms with Crippen LogP contribution in [-0.2, 0) is 0 Å². The van der Waals surface area contributed by atoms with Crippen LogP contribution >= 0.6 is 0 Å². The second kappa shape index (κ2) is 5.35. The zero-order valence-corrected chi connectivity index (χ0v) is 12.0. The lowest BCUT2D eigenvalue weighted by atomic mass is 9.92. The average Bonchev–Trinajstić information content (AvgIpc) is 3.18. The van der Waals surface area contributed by atoms with Gasteiger partial charge in [-0.05, 0) is 38.5 Å². The minimum atomic E-state index is 0.608. The van der Waals surface area contributed by atoms with Crippen LogP contribution in [0.5, 0.6) is 0 Å². The summed E-state index contributed by atoms with van der Waals surface area (Å²) in [4.78, 5) is 11.8. The largest absolute Gasteiger partial charge is 0.370 e. The molecule has 1 N–H and O–H groups in total. The molecule has 0 aromatic carbocycles. The first-order valence-electron chi connectivity index (χ1n) is 7.63. The van der Waals surface area contributed by atoms with E-state index in [9.17, 15) is 0 Å². The van der Waals surface area contributed by atoms with Gasteiger partial charge in [0.25, 0.3) is 0 Å². The summed E-state index contributed by atoms with van der Waals surface area (Å²) in [5.41, 5.74) is 0. The maximum atomic E-state index is 4.78. The lowest BCUT2D eigenvalue weighted by Crippen LogP contribution is -2.37. The quantitative estimate of drug-likeness (QED) is 0.853. The van der Waals surface area contributed by atoms with E-state index >= 15 is 0 Å². The van der Waals surface area contributed by atoms with E-state index in [4.69, 9.17) is 4.98 Å². The minimum Gasteiger partial charge on any atom is -0.370 e. The molecule has 4 heteroatoms. The topological polar surface area (TPSA) is 41.0 Å². The standard InChI is InChI=1S/C15H24N4/c1-3-9-16-13-10-14(19(2)12-5-4-6-12)18-15(17-13)11-7-8-11/h10-12H,3-9H2,1-2H3,(H,16,17,18). The number of hydrogen-bond acceptors (Lipinski definition) is 4. The van der Waals surface area contributed by atoms with Gasteiger partial charge in [-0.1, -0.05) is 6.92 Å². The van der Waals surface area contributed by atoms with E-state index in [2.05, 4.69) is 35.2 Å². The van der Waals surface area contributed by atoms with Crippen molar-refractivity contribution in [3.8, 4) is 0 Å². The second-order valence-corrected chi connectivity index (χ2v) is 5.87. The third kappa shape index (κ3) is 2.82. The Bertz CT molecular complexity index is 438. The first-order chi connectivity index (χ1) is 9.28. The summed E-state index contributed by atoms with van der Waals surface area (Å²) in [5, 5.41) is 3.41. The fourth-order valence-electron chi connectivity index (χ4n) is 2.46. The van der Waals surface area contributed by atoms with Gasteiger partial charge in [0.2, 0.25) is 0 Å². The van der Waals surface area contributed by atoms with Crippen LogP contribution < -0.4 is 10.2 Å². The third-order valence-electron chi connectivity index (χ3n) is 4.21. The Hall–Kier alpha value is -1.32. The maximum absolute atomic E-state index is 4.78. The van der Waals surface area contributed by atoms with Crippen molar-refractivity contribution in [3.05, 3.63) is 11.9 Å². The first-order valence-corrected chi connectivity index (χ1v) is 7.63. The van der Waals surface area contributed by atoms with Crippen molar-refractivity contribution in [1.29, 1.82) is 0 Å². The van der Waals surface area contributed by atoms with Crippen molar-refractivity contribution in [2.45, 2.75) is 57.4 Å². The van der Waals surface area contributed by atoms with Gasteiger partial charge in [0.15, 0.2) is 0 Å². The molecular formula is C15H24N4. The third-order valence-corrected chi connectivity index (χ3v) is 4.21. The van der Waals surface area contributed by atoms with Crippen LogP contribution in [0.1, 0.15) is 57.2 Å². The van der Waals surface area contributed by atoms with Gasteiger partial charge in [0, 0.05) is 31.6 Å². The van der Waals surface area contributed by atoms with Gasteiger partial charge >= 0.3 is 0 Å². The number of aromatic nitrogens is 2. The summed E-state index contributed by atoms with van der Waals surface area (Å²) in [7, 11) is 2.17. The fraction of sp³-hybridized carbons (Fsp3) is 0.733. The molecule has 2 fully saturated rings.